The first kappa shape index (κ1) is 24.7. The first-order valence-electron chi connectivity index (χ1n) is 12.2. The molecule has 2 aromatic heterocycles. The number of imidazole rings is 1. The molecule has 5 aromatic rings. The van der Waals surface area contributed by atoms with Crippen LogP contribution in [0.1, 0.15) is 17.7 Å². The van der Waals surface area contributed by atoms with E-state index >= 15 is 0 Å². The fourth-order valence-electron chi connectivity index (χ4n) is 4.41. The number of nitrogens with zero attached hydrogens (tertiary/aromatic N) is 5. The molecule has 0 saturated heterocycles. The predicted molar refractivity (Wildman–Crippen MR) is 146 cm³/mol. The summed E-state index contributed by atoms with van der Waals surface area (Å²) in [6, 6.07) is 23.7. The van der Waals surface area contributed by atoms with Gasteiger partial charge in [0.2, 0.25) is 0 Å². The lowest BCUT2D eigenvalue weighted by Crippen LogP contribution is -2.36. The predicted octanol–water partition coefficient (Wildman–Crippen LogP) is 6.11. The summed E-state index contributed by atoms with van der Waals surface area (Å²) in [5.74, 6) is 0. The molecule has 37 heavy (non-hydrogen) atoms. The fraction of sp³-hybridized carbons (Fsp3) is 0.207. The molecule has 0 saturated carbocycles. The van der Waals surface area contributed by atoms with Crippen molar-refractivity contribution in [1.29, 1.82) is 0 Å². The van der Waals surface area contributed by atoms with Gasteiger partial charge in [0.1, 0.15) is 0 Å². The van der Waals surface area contributed by atoms with E-state index in [1.54, 1.807) is 30.7 Å². The number of hydrogen-bond donors (Lipinski definition) is 0. The van der Waals surface area contributed by atoms with Gasteiger partial charge < -0.3 is 14.2 Å². The molecule has 0 atom stereocenters. The average molecular weight is 514 g/mol. The molecule has 0 aliphatic rings. The van der Waals surface area contributed by atoms with Gasteiger partial charge in [-0.25, -0.2) is 9.78 Å². The van der Waals surface area contributed by atoms with E-state index in [1.807, 2.05) is 59.2 Å². The van der Waals surface area contributed by atoms with Crippen molar-refractivity contribution < 1.29 is 9.53 Å². The Morgan fingerprint density at radius 2 is 1.84 bits per heavy atom. The number of carbonyl (C=O) groups excluding carboxylic acids is 1. The summed E-state index contributed by atoms with van der Waals surface area (Å²) in [4.78, 5) is 19.7. The van der Waals surface area contributed by atoms with Crippen molar-refractivity contribution in [2.45, 2.75) is 19.5 Å². The van der Waals surface area contributed by atoms with E-state index < -0.39 is 0 Å². The maximum atomic E-state index is 13.6. The molecular formula is C29H28ClN5O2. The van der Waals surface area contributed by atoms with E-state index in [9.17, 15) is 4.79 Å². The summed E-state index contributed by atoms with van der Waals surface area (Å²) < 4.78 is 8.71. The molecule has 0 N–H and O–H groups in total. The quantitative estimate of drug-likeness (QED) is 0.223. The van der Waals surface area contributed by atoms with E-state index in [0.29, 0.717) is 37.7 Å². The van der Waals surface area contributed by atoms with Gasteiger partial charge in [-0.2, -0.15) is 9.78 Å². The summed E-state index contributed by atoms with van der Waals surface area (Å²) in [6.45, 7) is 2.13. The molecule has 0 radical (unpaired) electrons. The first-order valence-corrected chi connectivity index (χ1v) is 12.6. The molecule has 0 aliphatic carbocycles. The van der Waals surface area contributed by atoms with Crippen LogP contribution < -0.4 is 0 Å². The summed E-state index contributed by atoms with van der Waals surface area (Å²) in [5, 5.41) is 7.60. The highest BCUT2D eigenvalue weighted by Gasteiger charge is 2.20. The maximum Gasteiger partial charge on any atom is 0.345 e. The summed E-state index contributed by atoms with van der Waals surface area (Å²) >= 11 is 6.03. The summed E-state index contributed by atoms with van der Waals surface area (Å²) in [7, 11) is 1.66. The van der Waals surface area contributed by atoms with Crippen LogP contribution in [0, 0.1) is 0 Å². The van der Waals surface area contributed by atoms with Crippen LogP contribution in [0.2, 0.25) is 5.02 Å². The Kier molecular flexibility index (Phi) is 7.63. The van der Waals surface area contributed by atoms with Crippen LogP contribution in [0.4, 0.5) is 4.79 Å². The van der Waals surface area contributed by atoms with Crippen molar-refractivity contribution in [3.8, 4) is 11.3 Å². The third-order valence-electron chi connectivity index (χ3n) is 6.32. The molecule has 0 aliphatic heterocycles. The Balaban J connectivity index is 1.38. The van der Waals surface area contributed by atoms with Gasteiger partial charge in [-0.1, -0.05) is 66.2 Å². The van der Waals surface area contributed by atoms with Gasteiger partial charge >= 0.3 is 6.03 Å². The maximum absolute atomic E-state index is 13.6. The van der Waals surface area contributed by atoms with Gasteiger partial charge in [0.05, 0.1) is 24.3 Å². The zero-order valence-electron chi connectivity index (χ0n) is 20.6. The number of halogens is 1. The van der Waals surface area contributed by atoms with Crippen LogP contribution in [0.25, 0.3) is 22.0 Å². The molecule has 0 spiro atoms. The largest absolute Gasteiger partial charge is 0.385 e. The van der Waals surface area contributed by atoms with Crippen molar-refractivity contribution in [2.24, 2.45) is 0 Å². The molecule has 3 aromatic carbocycles. The third-order valence-corrected chi connectivity index (χ3v) is 6.57. The van der Waals surface area contributed by atoms with Gasteiger partial charge in [0.15, 0.2) is 0 Å². The summed E-state index contributed by atoms with van der Waals surface area (Å²) in [5.41, 5.74) is 3.79. The second-order valence-corrected chi connectivity index (χ2v) is 9.30. The highest BCUT2D eigenvalue weighted by Crippen LogP contribution is 2.27. The van der Waals surface area contributed by atoms with Crippen LogP contribution in [0.3, 0.4) is 0 Å². The number of hydrogen-bond acceptors (Lipinski definition) is 4. The minimum Gasteiger partial charge on any atom is -0.385 e. The van der Waals surface area contributed by atoms with E-state index in [2.05, 4.69) is 28.3 Å². The van der Waals surface area contributed by atoms with Crippen molar-refractivity contribution in [3.63, 3.8) is 0 Å². The second-order valence-electron chi connectivity index (χ2n) is 8.86. The minimum atomic E-state index is -0.193. The number of aromatic nitrogens is 4. The fourth-order valence-corrected chi connectivity index (χ4v) is 4.54. The van der Waals surface area contributed by atoms with Crippen LogP contribution >= 0.6 is 11.6 Å². The number of methoxy groups -OCH3 is 1. The minimum absolute atomic E-state index is 0.193. The third kappa shape index (κ3) is 5.74. The topological polar surface area (TPSA) is 65.2 Å². The van der Waals surface area contributed by atoms with Crippen LogP contribution in [-0.2, 0) is 17.8 Å². The molecule has 7 nitrogen and oxygen atoms in total. The van der Waals surface area contributed by atoms with Crippen molar-refractivity contribution in [2.75, 3.05) is 20.3 Å². The Morgan fingerprint density at radius 3 is 2.68 bits per heavy atom. The highest BCUT2D eigenvalue weighted by molar-refractivity contribution is 6.30. The number of ether oxygens (including phenoxy) is 1. The van der Waals surface area contributed by atoms with Gasteiger partial charge in [-0.15, -0.1) is 0 Å². The molecule has 5 rings (SSSR count). The van der Waals surface area contributed by atoms with Crippen LogP contribution in [0.15, 0.2) is 91.5 Å². The van der Waals surface area contributed by atoms with Gasteiger partial charge in [0, 0.05) is 49.8 Å². The second kappa shape index (κ2) is 11.4. The SMILES string of the molecule is COCCCN(Cc1cncn1Cc1ccc(Cl)cc1)C(=O)n1ccc(-c2cccc3ccccc23)n1. The number of carbonyl (C=O) groups is 1. The average Bonchev–Trinajstić information content (AvgIpc) is 3.59. The zero-order valence-corrected chi connectivity index (χ0v) is 21.4. The molecule has 188 valence electrons. The molecular weight excluding hydrogens is 486 g/mol. The van der Waals surface area contributed by atoms with Crippen LogP contribution in [0.5, 0.6) is 0 Å². The first-order chi connectivity index (χ1) is 18.1. The Bertz CT molecular complexity index is 1490. The van der Waals surface area contributed by atoms with Gasteiger partial charge in [0.25, 0.3) is 0 Å². The number of amides is 1. The zero-order chi connectivity index (χ0) is 25.6. The molecule has 0 unspecified atom stereocenters. The van der Waals surface area contributed by atoms with Crippen molar-refractivity contribution >= 4 is 28.4 Å². The normalized spacial score (nSPS) is 11.2. The molecule has 0 fully saturated rings. The molecule has 0 bridgehead atoms. The van der Waals surface area contributed by atoms with Gasteiger partial charge in [-0.05, 0) is 41.0 Å². The monoisotopic (exact) mass is 513 g/mol. The van der Waals surface area contributed by atoms with E-state index in [0.717, 1.165) is 33.3 Å². The van der Waals surface area contributed by atoms with E-state index in [-0.39, 0.29) is 6.03 Å². The molecule has 2 heterocycles. The highest BCUT2D eigenvalue weighted by atomic mass is 35.5. The van der Waals surface area contributed by atoms with E-state index in [1.165, 1.54) is 4.68 Å². The number of benzene rings is 3. The van der Waals surface area contributed by atoms with Crippen LogP contribution in [-0.4, -0.2) is 50.5 Å². The smallest absolute Gasteiger partial charge is 0.345 e. The molecule has 8 heteroatoms. The standard InChI is InChI=1S/C29H28ClN5O2/c1-37-17-5-15-33(20-25-18-31-21-34(25)19-22-10-12-24(30)13-11-22)29(36)35-16-14-28(32-35)27-9-4-7-23-6-2-3-8-26(23)27/h2-4,6-14,16,18,21H,5,15,17,19-20H2,1H3. The van der Waals surface area contributed by atoms with Crippen molar-refractivity contribution in [3.05, 3.63) is 108 Å². The lowest BCUT2D eigenvalue weighted by atomic mass is 10.0. The Labute approximate surface area is 220 Å². The number of fused-ring (bicyclic) bond motifs is 1. The summed E-state index contributed by atoms with van der Waals surface area (Å²) in [6.07, 6.45) is 6.03. The molecule has 1 amide bonds. The van der Waals surface area contributed by atoms with E-state index in [4.69, 9.17) is 16.3 Å². The Hall–Kier alpha value is -3.94. The number of rotatable bonds is 9. The Morgan fingerprint density at radius 1 is 1.03 bits per heavy atom. The van der Waals surface area contributed by atoms with Crippen molar-refractivity contribution in [1.82, 2.24) is 24.2 Å². The lowest BCUT2D eigenvalue weighted by Gasteiger charge is -2.23. The lowest BCUT2D eigenvalue weighted by molar-refractivity contribution is 0.164. The van der Waals surface area contributed by atoms with Gasteiger partial charge in [-0.3, -0.25) is 0 Å².